The molecular weight excluding hydrogens is 350 g/mol. The van der Waals surface area contributed by atoms with Gasteiger partial charge in [0, 0.05) is 18.5 Å². The number of nitrogens with zero attached hydrogens (tertiary/aromatic N) is 4. The Morgan fingerprint density at radius 3 is 2.88 bits per heavy atom. The van der Waals surface area contributed by atoms with Crippen LogP contribution in [0.3, 0.4) is 0 Å². The van der Waals surface area contributed by atoms with Gasteiger partial charge in [0.25, 0.3) is 5.56 Å². The maximum atomic E-state index is 12.4. The number of hydrogen-bond donors (Lipinski definition) is 1. The van der Waals surface area contributed by atoms with Gasteiger partial charge in [0.15, 0.2) is 5.13 Å². The minimum absolute atomic E-state index is 0.0558. The SMILES string of the molecule is O=C(Cn1cnc2ccccc2c1=O)NCc1csc(N2CCCC2)n1. The quantitative estimate of drug-likeness (QED) is 0.741. The molecule has 0 aliphatic carbocycles. The van der Waals surface area contributed by atoms with Crippen molar-refractivity contribution in [2.24, 2.45) is 0 Å². The Kier molecular flexibility index (Phi) is 4.66. The summed E-state index contributed by atoms with van der Waals surface area (Å²) in [6.07, 6.45) is 3.83. The predicted octanol–water partition coefficient (Wildman–Crippen LogP) is 1.77. The van der Waals surface area contributed by atoms with Crippen molar-refractivity contribution in [2.45, 2.75) is 25.9 Å². The van der Waals surface area contributed by atoms with Gasteiger partial charge >= 0.3 is 0 Å². The van der Waals surface area contributed by atoms with E-state index in [1.165, 1.54) is 23.7 Å². The standard InChI is InChI=1S/C18H19N5O2S/c24-16(10-23-12-20-15-6-2-1-5-14(15)17(23)25)19-9-13-11-26-18(21-13)22-7-3-4-8-22/h1-2,5-6,11-12H,3-4,7-10H2,(H,19,24). The smallest absolute Gasteiger partial charge is 0.261 e. The van der Waals surface area contributed by atoms with Crippen molar-refractivity contribution in [1.82, 2.24) is 19.9 Å². The van der Waals surface area contributed by atoms with Gasteiger partial charge in [-0.25, -0.2) is 9.97 Å². The summed E-state index contributed by atoms with van der Waals surface area (Å²) in [4.78, 5) is 35.7. The van der Waals surface area contributed by atoms with Crippen LogP contribution >= 0.6 is 11.3 Å². The Bertz CT molecular complexity index is 990. The Morgan fingerprint density at radius 1 is 1.23 bits per heavy atom. The zero-order chi connectivity index (χ0) is 17.9. The number of benzene rings is 1. The van der Waals surface area contributed by atoms with Crippen molar-refractivity contribution < 1.29 is 4.79 Å². The molecule has 134 valence electrons. The Balaban J connectivity index is 1.38. The van der Waals surface area contributed by atoms with Gasteiger partial charge in [0.2, 0.25) is 5.91 Å². The van der Waals surface area contributed by atoms with E-state index in [4.69, 9.17) is 0 Å². The first-order valence-corrected chi connectivity index (χ1v) is 9.49. The molecule has 1 amide bonds. The van der Waals surface area contributed by atoms with Crippen molar-refractivity contribution in [3.8, 4) is 0 Å². The molecule has 1 aliphatic heterocycles. The van der Waals surface area contributed by atoms with E-state index in [9.17, 15) is 9.59 Å². The lowest BCUT2D eigenvalue weighted by atomic mass is 10.2. The highest BCUT2D eigenvalue weighted by Crippen LogP contribution is 2.24. The van der Waals surface area contributed by atoms with Crippen LogP contribution in [0.2, 0.25) is 0 Å². The maximum absolute atomic E-state index is 12.4. The number of nitrogens with one attached hydrogen (secondary N) is 1. The first-order chi connectivity index (χ1) is 12.7. The summed E-state index contributed by atoms with van der Waals surface area (Å²) in [5.74, 6) is -0.236. The summed E-state index contributed by atoms with van der Waals surface area (Å²) in [5.41, 5.74) is 1.26. The maximum Gasteiger partial charge on any atom is 0.261 e. The van der Waals surface area contributed by atoms with Crippen molar-refractivity contribution in [3.05, 3.63) is 52.0 Å². The second kappa shape index (κ2) is 7.25. The number of thiazole rings is 1. The molecule has 1 aliphatic rings. The van der Waals surface area contributed by atoms with Gasteiger partial charge in [0.1, 0.15) is 6.54 Å². The number of amides is 1. The van der Waals surface area contributed by atoms with Crippen LogP contribution in [0.15, 0.2) is 40.8 Å². The number of anilines is 1. The third kappa shape index (κ3) is 3.45. The number of aromatic nitrogens is 3. The van der Waals surface area contributed by atoms with E-state index in [1.807, 2.05) is 11.4 Å². The normalized spacial score (nSPS) is 14.1. The summed E-state index contributed by atoms with van der Waals surface area (Å²) in [6.45, 7) is 2.41. The molecule has 26 heavy (non-hydrogen) atoms. The molecule has 3 heterocycles. The van der Waals surface area contributed by atoms with E-state index in [1.54, 1.807) is 29.5 Å². The highest BCUT2D eigenvalue weighted by Gasteiger charge is 2.16. The highest BCUT2D eigenvalue weighted by atomic mass is 32.1. The van der Waals surface area contributed by atoms with E-state index in [2.05, 4.69) is 20.2 Å². The number of hydrogen-bond acceptors (Lipinski definition) is 6. The van der Waals surface area contributed by atoms with Gasteiger partial charge in [0.05, 0.1) is 29.5 Å². The Morgan fingerprint density at radius 2 is 2.04 bits per heavy atom. The zero-order valence-corrected chi connectivity index (χ0v) is 15.0. The van der Waals surface area contributed by atoms with Crippen LogP contribution in [0.1, 0.15) is 18.5 Å². The molecule has 0 radical (unpaired) electrons. The van der Waals surface area contributed by atoms with Crippen LogP contribution in [-0.2, 0) is 17.9 Å². The summed E-state index contributed by atoms with van der Waals surface area (Å²) in [5, 5.41) is 6.32. The lowest BCUT2D eigenvalue weighted by Crippen LogP contribution is -2.32. The van der Waals surface area contributed by atoms with Gasteiger partial charge in [-0.1, -0.05) is 12.1 Å². The fourth-order valence-electron chi connectivity index (χ4n) is 3.05. The number of para-hydroxylation sites is 1. The van der Waals surface area contributed by atoms with E-state index in [-0.39, 0.29) is 18.0 Å². The lowest BCUT2D eigenvalue weighted by Gasteiger charge is -2.12. The van der Waals surface area contributed by atoms with Crippen LogP contribution in [0, 0.1) is 0 Å². The lowest BCUT2D eigenvalue weighted by molar-refractivity contribution is -0.121. The molecule has 0 unspecified atom stereocenters. The number of carbonyl (C=O) groups is 1. The molecule has 4 rings (SSSR count). The topological polar surface area (TPSA) is 80.1 Å². The molecule has 1 N–H and O–H groups in total. The molecule has 7 nitrogen and oxygen atoms in total. The van der Waals surface area contributed by atoms with Crippen LogP contribution in [0.5, 0.6) is 0 Å². The first kappa shape index (κ1) is 16.7. The third-order valence-corrected chi connectivity index (χ3v) is 5.38. The molecule has 0 saturated carbocycles. The summed E-state index contributed by atoms with van der Waals surface area (Å²) < 4.78 is 1.33. The van der Waals surface area contributed by atoms with Crippen LogP contribution in [-0.4, -0.2) is 33.5 Å². The van der Waals surface area contributed by atoms with Gasteiger partial charge in [-0.15, -0.1) is 11.3 Å². The van der Waals surface area contributed by atoms with Gasteiger partial charge in [-0.3, -0.25) is 14.2 Å². The molecule has 1 aromatic carbocycles. The molecule has 1 fully saturated rings. The predicted molar refractivity (Wildman–Crippen MR) is 101 cm³/mol. The number of fused-ring (bicyclic) bond motifs is 1. The minimum atomic E-state index is -0.236. The fraction of sp³-hybridized carbons (Fsp3) is 0.333. The molecular formula is C18H19N5O2S. The van der Waals surface area contributed by atoms with E-state index in [0.717, 1.165) is 23.9 Å². The zero-order valence-electron chi connectivity index (χ0n) is 14.2. The second-order valence-electron chi connectivity index (χ2n) is 6.29. The van der Waals surface area contributed by atoms with Crippen LogP contribution in [0.25, 0.3) is 10.9 Å². The van der Waals surface area contributed by atoms with Gasteiger partial charge in [-0.05, 0) is 25.0 Å². The van der Waals surface area contributed by atoms with E-state index in [0.29, 0.717) is 17.4 Å². The number of carbonyl (C=O) groups excluding carboxylic acids is 1. The molecule has 3 aromatic rings. The fourth-order valence-corrected chi connectivity index (χ4v) is 3.93. The summed E-state index contributed by atoms with van der Waals surface area (Å²) >= 11 is 1.60. The largest absolute Gasteiger partial charge is 0.349 e. The number of rotatable bonds is 5. The van der Waals surface area contributed by atoms with Crippen molar-refractivity contribution in [1.29, 1.82) is 0 Å². The minimum Gasteiger partial charge on any atom is -0.349 e. The molecule has 2 aromatic heterocycles. The van der Waals surface area contributed by atoms with Gasteiger partial charge < -0.3 is 10.2 Å². The van der Waals surface area contributed by atoms with Crippen molar-refractivity contribution >= 4 is 33.3 Å². The molecule has 8 heteroatoms. The molecule has 1 saturated heterocycles. The summed E-state index contributed by atoms with van der Waals surface area (Å²) in [7, 11) is 0. The van der Waals surface area contributed by atoms with Crippen molar-refractivity contribution in [3.63, 3.8) is 0 Å². The Labute approximate surface area is 154 Å². The van der Waals surface area contributed by atoms with Crippen molar-refractivity contribution in [2.75, 3.05) is 18.0 Å². The molecule has 0 bridgehead atoms. The highest BCUT2D eigenvalue weighted by molar-refractivity contribution is 7.13. The van der Waals surface area contributed by atoms with E-state index >= 15 is 0 Å². The monoisotopic (exact) mass is 369 g/mol. The third-order valence-electron chi connectivity index (χ3n) is 4.43. The van der Waals surface area contributed by atoms with Gasteiger partial charge in [-0.2, -0.15) is 0 Å². The molecule has 0 atom stereocenters. The Hall–Kier alpha value is -2.74. The average Bonchev–Trinajstić information content (AvgIpc) is 3.34. The summed E-state index contributed by atoms with van der Waals surface area (Å²) in [6, 6.07) is 7.11. The van der Waals surface area contributed by atoms with Crippen LogP contribution in [0.4, 0.5) is 5.13 Å². The average molecular weight is 369 g/mol. The van der Waals surface area contributed by atoms with Crippen LogP contribution < -0.4 is 15.8 Å². The molecule has 0 spiro atoms. The first-order valence-electron chi connectivity index (χ1n) is 8.61. The second-order valence-corrected chi connectivity index (χ2v) is 7.12. The van der Waals surface area contributed by atoms with E-state index < -0.39 is 0 Å².